The van der Waals surface area contributed by atoms with Gasteiger partial charge in [-0.25, -0.2) is 4.98 Å². The van der Waals surface area contributed by atoms with Crippen molar-refractivity contribution >= 4 is 5.78 Å². The zero-order valence-electron chi connectivity index (χ0n) is 9.01. The Hall–Kier alpha value is -1.39. The van der Waals surface area contributed by atoms with Gasteiger partial charge in [0.25, 0.3) is 0 Å². The first-order valence-corrected chi connectivity index (χ1v) is 4.93. The molecule has 0 saturated heterocycles. The van der Waals surface area contributed by atoms with Crippen LogP contribution < -0.4 is 0 Å². The van der Waals surface area contributed by atoms with Crippen LogP contribution in [0.5, 0.6) is 0 Å². The molecule has 0 amide bonds. The molecule has 1 unspecified atom stereocenters. The van der Waals surface area contributed by atoms with Crippen LogP contribution in [0.4, 0.5) is 13.2 Å². The molecule has 0 fully saturated rings. The number of hydrogen-bond acceptors (Lipinski definition) is 2. The summed E-state index contributed by atoms with van der Waals surface area (Å²) in [5.74, 6) is -0.709. The fourth-order valence-corrected chi connectivity index (χ4v) is 1.32. The van der Waals surface area contributed by atoms with Gasteiger partial charge in [-0.2, -0.15) is 13.2 Å². The summed E-state index contributed by atoms with van der Waals surface area (Å²) in [5.41, 5.74) is -0.789. The number of ketones is 1. The molecular weight excluding hydrogens is 219 g/mol. The lowest BCUT2D eigenvalue weighted by molar-refractivity contribution is -0.141. The molecule has 0 spiro atoms. The minimum absolute atomic E-state index is 0.119. The second kappa shape index (κ2) is 4.63. The van der Waals surface area contributed by atoms with E-state index in [-0.39, 0.29) is 11.5 Å². The van der Waals surface area contributed by atoms with Gasteiger partial charge in [-0.1, -0.05) is 13.0 Å². The fourth-order valence-electron chi connectivity index (χ4n) is 1.32. The maximum absolute atomic E-state index is 12.4. The molecule has 0 radical (unpaired) electrons. The summed E-state index contributed by atoms with van der Waals surface area (Å²) in [6.07, 6.45) is -4.18. The standard InChI is InChI=1S/C11H12F3NO/c1-3-9(16)7(2)8-5-4-6-10(15-8)11(12,13)14/h4-7H,3H2,1-2H3. The van der Waals surface area contributed by atoms with Crippen molar-refractivity contribution in [2.24, 2.45) is 0 Å². The largest absolute Gasteiger partial charge is 0.433 e. The Kier molecular flexibility index (Phi) is 3.67. The van der Waals surface area contributed by atoms with Gasteiger partial charge in [0.05, 0.1) is 11.6 Å². The van der Waals surface area contributed by atoms with Gasteiger partial charge in [0.15, 0.2) is 0 Å². The second-order valence-electron chi connectivity index (χ2n) is 3.49. The molecular formula is C11H12F3NO. The van der Waals surface area contributed by atoms with Crippen molar-refractivity contribution in [1.82, 2.24) is 4.98 Å². The number of halogens is 3. The van der Waals surface area contributed by atoms with Gasteiger partial charge < -0.3 is 0 Å². The van der Waals surface area contributed by atoms with E-state index in [2.05, 4.69) is 4.98 Å². The summed E-state index contributed by atoms with van der Waals surface area (Å²) in [6, 6.07) is 3.60. The van der Waals surface area contributed by atoms with Crippen molar-refractivity contribution in [2.75, 3.05) is 0 Å². The molecule has 1 rings (SSSR count). The molecule has 0 aromatic carbocycles. The zero-order valence-corrected chi connectivity index (χ0v) is 9.01. The molecule has 0 aliphatic carbocycles. The normalized spacial score (nSPS) is 13.6. The Bertz CT molecular complexity index is 387. The van der Waals surface area contributed by atoms with Crippen molar-refractivity contribution < 1.29 is 18.0 Å². The Balaban J connectivity index is 3.04. The van der Waals surface area contributed by atoms with Gasteiger partial charge in [0.1, 0.15) is 11.5 Å². The van der Waals surface area contributed by atoms with Gasteiger partial charge in [0, 0.05) is 6.42 Å². The first kappa shape index (κ1) is 12.7. The van der Waals surface area contributed by atoms with E-state index in [1.54, 1.807) is 13.8 Å². The minimum atomic E-state index is -4.47. The highest BCUT2D eigenvalue weighted by molar-refractivity contribution is 5.84. The number of nitrogens with zero attached hydrogens (tertiary/aromatic N) is 1. The third kappa shape index (κ3) is 2.81. The molecule has 88 valence electrons. The van der Waals surface area contributed by atoms with E-state index in [0.717, 1.165) is 6.07 Å². The predicted molar refractivity (Wildman–Crippen MR) is 53.0 cm³/mol. The fraction of sp³-hybridized carbons (Fsp3) is 0.455. The van der Waals surface area contributed by atoms with Crippen LogP contribution in [0.2, 0.25) is 0 Å². The Morgan fingerprint density at radius 1 is 1.44 bits per heavy atom. The molecule has 1 heterocycles. The highest BCUT2D eigenvalue weighted by Gasteiger charge is 2.33. The van der Waals surface area contributed by atoms with Crippen LogP contribution in [-0.2, 0) is 11.0 Å². The lowest BCUT2D eigenvalue weighted by Gasteiger charge is -2.11. The van der Waals surface area contributed by atoms with Crippen LogP contribution >= 0.6 is 0 Å². The van der Waals surface area contributed by atoms with Gasteiger partial charge in [-0.05, 0) is 19.1 Å². The number of Topliss-reactive ketones (excluding diaryl/α,β-unsaturated/α-hetero) is 1. The van der Waals surface area contributed by atoms with Crippen LogP contribution in [-0.4, -0.2) is 10.8 Å². The summed E-state index contributed by atoms with van der Waals surface area (Å²) in [6.45, 7) is 3.24. The summed E-state index contributed by atoms with van der Waals surface area (Å²) < 4.78 is 37.1. The third-order valence-electron chi connectivity index (χ3n) is 2.34. The van der Waals surface area contributed by atoms with Crippen LogP contribution in [0.1, 0.15) is 37.6 Å². The van der Waals surface area contributed by atoms with Crippen LogP contribution in [0.3, 0.4) is 0 Å². The molecule has 1 atom stereocenters. The molecule has 0 aliphatic heterocycles. The van der Waals surface area contributed by atoms with Crippen molar-refractivity contribution in [3.8, 4) is 0 Å². The van der Waals surface area contributed by atoms with Crippen LogP contribution in [0.15, 0.2) is 18.2 Å². The SMILES string of the molecule is CCC(=O)C(C)c1cccc(C(F)(F)F)n1. The number of hydrogen-bond donors (Lipinski definition) is 0. The van der Waals surface area contributed by atoms with E-state index in [0.29, 0.717) is 6.42 Å². The maximum Gasteiger partial charge on any atom is 0.433 e. The smallest absolute Gasteiger partial charge is 0.299 e. The lowest BCUT2D eigenvalue weighted by Crippen LogP contribution is -2.14. The van der Waals surface area contributed by atoms with Crippen molar-refractivity contribution in [1.29, 1.82) is 0 Å². The molecule has 1 aromatic heterocycles. The average molecular weight is 231 g/mol. The van der Waals surface area contributed by atoms with Gasteiger partial charge >= 0.3 is 6.18 Å². The second-order valence-corrected chi connectivity index (χ2v) is 3.49. The Morgan fingerprint density at radius 3 is 2.56 bits per heavy atom. The summed E-state index contributed by atoms with van der Waals surface area (Å²) in [5, 5.41) is 0. The van der Waals surface area contributed by atoms with E-state index in [4.69, 9.17) is 0 Å². The average Bonchev–Trinajstić information content (AvgIpc) is 2.26. The van der Waals surface area contributed by atoms with E-state index < -0.39 is 17.8 Å². The number of carbonyl (C=O) groups is 1. The molecule has 5 heteroatoms. The van der Waals surface area contributed by atoms with Crippen LogP contribution in [0, 0.1) is 0 Å². The molecule has 16 heavy (non-hydrogen) atoms. The monoisotopic (exact) mass is 231 g/mol. The topological polar surface area (TPSA) is 30.0 Å². The summed E-state index contributed by atoms with van der Waals surface area (Å²) in [4.78, 5) is 14.8. The van der Waals surface area contributed by atoms with E-state index in [1.807, 2.05) is 0 Å². The summed E-state index contributed by atoms with van der Waals surface area (Å²) >= 11 is 0. The first-order valence-electron chi connectivity index (χ1n) is 4.93. The van der Waals surface area contributed by atoms with E-state index in [9.17, 15) is 18.0 Å². The van der Waals surface area contributed by atoms with Crippen molar-refractivity contribution in [3.63, 3.8) is 0 Å². The first-order chi connectivity index (χ1) is 7.36. The number of alkyl halides is 3. The van der Waals surface area contributed by atoms with Crippen molar-refractivity contribution in [3.05, 3.63) is 29.6 Å². The predicted octanol–water partition coefficient (Wildman–Crippen LogP) is 3.18. The zero-order chi connectivity index (χ0) is 12.3. The van der Waals surface area contributed by atoms with E-state index in [1.165, 1.54) is 12.1 Å². The van der Waals surface area contributed by atoms with Crippen LogP contribution in [0.25, 0.3) is 0 Å². The Morgan fingerprint density at radius 2 is 2.06 bits per heavy atom. The molecule has 0 bridgehead atoms. The Labute approximate surface area is 91.5 Å². The maximum atomic E-state index is 12.4. The highest BCUT2D eigenvalue weighted by atomic mass is 19.4. The number of rotatable bonds is 3. The highest BCUT2D eigenvalue weighted by Crippen LogP contribution is 2.28. The van der Waals surface area contributed by atoms with Gasteiger partial charge in [-0.3, -0.25) is 4.79 Å². The molecule has 0 N–H and O–H groups in total. The van der Waals surface area contributed by atoms with E-state index >= 15 is 0 Å². The quantitative estimate of drug-likeness (QED) is 0.799. The minimum Gasteiger partial charge on any atom is -0.299 e. The molecule has 2 nitrogen and oxygen atoms in total. The lowest BCUT2D eigenvalue weighted by atomic mass is 10.00. The number of carbonyl (C=O) groups excluding carboxylic acids is 1. The number of pyridine rings is 1. The number of aromatic nitrogens is 1. The van der Waals surface area contributed by atoms with Crippen molar-refractivity contribution in [2.45, 2.75) is 32.4 Å². The third-order valence-corrected chi connectivity index (χ3v) is 2.34. The molecule has 0 saturated carbocycles. The summed E-state index contributed by atoms with van der Waals surface area (Å²) in [7, 11) is 0. The van der Waals surface area contributed by atoms with Gasteiger partial charge in [0.2, 0.25) is 0 Å². The van der Waals surface area contributed by atoms with Gasteiger partial charge in [-0.15, -0.1) is 0 Å². The molecule has 0 aliphatic rings. The molecule has 1 aromatic rings.